The number of anilines is 1. The lowest BCUT2D eigenvalue weighted by Crippen LogP contribution is -2.55. The van der Waals surface area contributed by atoms with Crippen LogP contribution in [-0.4, -0.2) is 43.8 Å². The van der Waals surface area contributed by atoms with Crippen molar-refractivity contribution in [2.24, 2.45) is 0 Å². The van der Waals surface area contributed by atoms with Crippen LogP contribution < -0.4 is 9.62 Å². The fourth-order valence-corrected chi connectivity index (χ4v) is 7.69. The average molecular weight is 730 g/mol. The normalized spacial score (nSPS) is 14.5. The van der Waals surface area contributed by atoms with E-state index in [2.05, 4.69) is 5.32 Å². The van der Waals surface area contributed by atoms with Gasteiger partial charge in [-0.3, -0.25) is 13.9 Å². The summed E-state index contributed by atoms with van der Waals surface area (Å²) in [5.74, 6) is -2.09. The predicted octanol–water partition coefficient (Wildman–Crippen LogP) is 7.78. The van der Waals surface area contributed by atoms with Crippen LogP contribution in [0.25, 0.3) is 0 Å². The molecule has 264 valence electrons. The highest BCUT2D eigenvalue weighted by Gasteiger charge is 2.38. The van der Waals surface area contributed by atoms with Crippen molar-refractivity contribution in [1.29, 1.82) is 0 Å². The SMILES string of the molecule is O=C(NC1CCCCC1)C(Cc1ccccc1)N(Cc1ccccc1F)C(=O)CN(c1ccc(Cl)c(C(F)(F)F)c1)S(=O)(=O)c1ccccc1. The van der Waals surface area contributed by atoms with Gasteiger partial charge in [-0.05, 0) is 54.8 Å². The summed E-state index contributed by atoms with van der Waals surface area (Å²) < 4.78 is 85.8. The van der Waals surface area contributed by atoms with Gasteiger partial charge < -0.3 is 10.2 Å². The van der Waals surface area contributed by atoms with Crippen LogP contribution in [0.1, 0.15) is 48.8 Å². The highest BCUT2D eigenvalue weighted by Crippen LogP contribution is 2.38. The van der Waals surface area contributed by atoms with E-state index in [0.29, 0.717) is 15.9 Å². The molecule has 0 heterocycles. The summed E-state index contributed by atoms with van der Waals surface area (Å²) in [6.45, 7) is -1.43. The average Bonchev–Trinajstić information content (AvgIpc) is 3.10. The lowest BCUT2D eigenvalue weighted by Gasteiger charge is -2.35. The van der Waals surface area contributed by atoms with E-state index >= 15 is 4.39 Å². The van der Waals surface area contributed by atoms with E-state index in [9.17, 15) is 31.2 Å². The lowest BCUT2D eigenvalue weighted by molar-refractivity contribution is -0.140. The largest absolute Gasteiger partial charge is 0.417 e. The molecule has 4 aromatic carbocycles. The second-order valence-electron chi connectivity index (χ2n) is 12.1. The topological polar surface area (TPSA) is 86.8 Å². The summed E-state index contributed by atoms with van der Waals surface area (Å²) in [6, 6.07) is 22.6. The Morgan fingerprint density at radius 2 is 1.48 bits per heavy atom. The van der Waals surface area contributed by atoms with Gasteiger partial charge in [-0.15, -0.1) is 0 Å². The van der Waals surface area contributed by atoms with Gasteiger partial charge in [0, 0.05) is 24.6 Å². The van der Waals surface area contributed by atoms with Crippen molar-refractivity contribution in [2.75, 3.05) is 10.8 Å². The van der Waals surface area contributed by atoms with Crippen molar-refractivity contribution < 1.29 is 35.6 Å². The molecule has 50 heavy (non-hydrogen) atoms. The zero-order valence-electron chi connectivity index (χ0n) is 27.0. The van der Waals surface area contributed by atoms with E-state index in [-0.39, 0.29) is 22.9 Å². The third kappa shape index (κ3) is 9.02. The molecule has 13 heteroatoms. The molecule has 1 N–H and O–H groups in total. The Kier molecular flexibility index (Phi) is 11.8. The third-order valence-corrected chi connectivity index (χ3v) is 10.8. The Bertz CT molecular complexity index is 1890. The van der Waals surface area contributed by atoms with Gasteiger partial charge in [0.05, 0.1) is 21.2 Å². The number of rotatable bonds is 12. The van der Waals surface area contributed by atoms with Crippen LogP contribution in [0.4, 0.5) is 23.2 Å². The maximum Gasteiger partial charge on any atom is 0.417 e. The molecule has 1 aliphatic rings. The fraction of sp³-hybridized carbons (Fsp3) is 0.297. The minimum atomic E-state index is -4.94. The Morgan fingerprint density at radius 1 is 0.860 bits per heavy atom. The molecular weight excluding hydrogens is 694 g/mol. The summed E-state index contributed by atoms with van der Waals surface area (Å²) in [5, 5.41) is 2.39. The summed E-state index contributed by atoms with van der Waals surface area (Å²) in [4.78, 5) is 29.5. The van der Waals surface area contributed by atoms with Crippen LogP contribution in [0.3, 0.4) is 0 Å². The number of nitrogens with one attached hydrogen (secondary N) is 1. The Balaban J connectivity index is 1.61. The molecule has 1 fully saturated rings. The highest BCUT2D eigenvalue weighted by molar-refractivity contribution is 7.92. The van der Waals surface area contributed by atoms with Crippen LogP contribution in [-0.2, 0) is 38.8 Å². The van der Waals surface area contributed by atoms with E-state index < -0.39 is 69.2 Å². The van der Waals surface area contributed by atoms with Gasteiger partial charge in [0.1, 0.15) is 18.4 Å². The molecule has 0 aromatic heterocycles. The van der Waals surface area contributed by atoms with Crippen LogP contribution in [0, 0.1) is 5.82 Å². The van der Waals surface area contributed by atoms with E-state index in [0.717, 1.165) is 49.1 Å². The first kappa shape index (κ1) is 36.9. The number of carbonyl (C=O) groups is 2. The number of hydrogen-bond acceptors (Lipinski definition) is 4. The lowest BCUT2D eigenvalue weighted by atomic mass is 9.94. The molecule has 7 nitrogen and oxygen atoms in total. The van der Waals surface area contributed by atoms with Crippen molar-refractivity contribution in [3.63, 3.8) is 0 Å². The fourth-order valence-electron chi connectivity index (χ4n) is 6.04. The second kappa shape index (κ2) is 16.1. The standard InChI is InChI=1S/C37H36ClF4N3O4S/c38-32-21-20-29(23-31(32)37(40,41)42)45(50(48,49)30-17-8-3-9-18-30)25-35(46)44(24-27-14-10-11-19-33(27)39)34(22-26-12-4-1-5-13-26)36(47)43-28-15-6-2-7-16-28/h1,3-5,8-14,17-21,23,28,34H,2,6-7,15-16,22,24-25H2,(H,43,47). The first-order valence-electron chi connectivity index (χ1n) is 16.2. The van der Waals surface area contributed by atoms with Gasteiger partial charge in [0.15, 0.2) is 0 Å². The smallest absolute Gasteiger partial charge is 0.352 e. The zero-order chi connectivity index (χ0) is 35.9. The monoisotopic (exact) mass is 729 g/mol. The number of hydrogen-bond donors (Lipinski definition) is 1. The number of amides is 2. The van der Waals surface area contributed by atoms with E-state index in [1.807, 2.05) is 0 Å². The molecule has 1 atom stereocenters. The molecular formula is C37H36ClF4N3O4S. The Morgan fingerprint density at radius 3 is 2.12 bits per heavy atom. The zero-order valence-corrected chi connectivity index (χ0v) is 28.5. The molecule has 0 saturated heterocycles. The number of sulfonamides is 1. The first-order chi connectivity index (χ1) is 23.8. The van der Waals surface area contributed by atoms with Gasteiger partial charge in [0.2, 0.25) is 11.8 Å². The van der Waals surface area contributed by atoms with Crippen molar-refractivity contribution in [1.82, 2.24) is 10.2 Å². The number of nitrogens with zero attached hydrogens (tertiary/aromatic N) is 2. The van der Waals surface area contributed by atoms with Crippen molar-refractivity contribution >= 4 is 39.1 Å². The summed E-state index contributed by atoms with van der Waals surface area (Å²) in [7, 11) is -4.67. The predicted molar refractivity (Wildman–Crippen MR) is 183 cm³/mol. The molecule has 2 amide bonds. The van der Waals surface area contributed by atoms with Crippen molar-refractivity contribution in [3.8, 4) is 0 Å². The van der Waals surface area contributed by atoms with Crippen LogP contribution in [0.15, 0.2) is 108 Å². The molecule has 0 radical (unpaired) electrons. The number of benzene rings is 4. The summed E-state index contributed by atoms with van der Waals surface area (Å²) in [6.07, 6.45) is -0.583. The molecule has 0 bridgehead atoms. The maximum absolute atomic E-state index is 15.1. The van der Waals surface area contributed by atoms with Crippen molar-refractivity contribution in [3.05, 3.63) is 131 Å². The first-order valence-corrected chi connectivity index (χ1v) is 18.0. The molecule has 1 saturated carbocycles. The number of alkyl halides is 3. The number of carbonyl (C=O) groups excluding carboxylic acids is 2. The van der Waals surface area contributed by atoms with Gasteiger partial charge in [0.25, 0.3) is 10.0 Å². The molecule has 1 aliphatic carbocycles. The molecule has 5 rings (SSSR count). The van der Waals surface area contributed by atoms with Gasteiger partial charge in [-0.25, -0.2) is 12.8 Å². The van der Waals surface area contributed by atoms with Gasteiger partial charge in [-0.1, -0.05) is 97.6 Å². The summed E-state index contributed by atoms with van der Waals surface area (Å²) >= 11 is 5.87. The van der Waals surface area contributed by atoms with E-state index in [1.54, 1.807) is 42.5 Å². The minimum Gasteiger partial charge on any atom is -0.352 e. The Labute approximate surface area is 293 Å². The second-order valence-corrected chi connectivity index (χ2v) is 14.4. The third-order valence-electron chi connectivity index (χ3n) is 8.67. The highest BCUT2D eigenvalue weighted by atomic mass is 35.5. The Hall–Kier alpha value is -4.42. The maximum atomic E-state index is 15.1. The quantitative estimate of drug-likeness (QED) is 0.151. The molecule has 4 aromatic rings. The van der Waals surface area contributed by atoms with Gasteiger partial charge >= 0.3 is 6.18 Å². The van der Waals surface area contributed by atoms with E-state index in [4.69, 9.17) is 11.6 Å². The molecule has 0 aliphatic heterocycles. The minimum absolute atomic E-state index is 0.00415. The molecule has 1 unspecified atom stereocenters. The van der Waals surface area contributed by atoms with Crippen LogP contribution >= 0.6 is 11.6 Å². The number of halogens is 5. The van der Waals surface area contributed by atoms with E-state index in [1.165, 1.54) is 42.5 Å². The van der Waals surface area contributed by atoms with Gasteiger partial charge in [-0.2, -0.15) is 13.2 Å². The van der Waals surface area contributed by atoms with Crippen molar-refractivity contribution in [2.45, 2.75) is 68.2 Å². The van der Waals surface area contributed by atoms with Crippen LogP contribution in [0.5, 0.6) is 0 Å². The van der Waals surface area contributed by atoms with Crippen LogP contribution in [0.2, 0.25) is 5.02 Å². The summed E-state index contributed by atoms with van der Waals surface area (Å²) in [5.41, 5.74) is -1.03. The molecule has 0 spiro atoms.